The molecule has 1 unspecified atom stereocenters. The van der Waals surface area contributed by atoms with Gasteiger partial charge in [0.05, 0.1) is 15.9 Å². The van der Waals surface area contributed by atoms with Gasteiger partial charge in [0.15, 0.2) is 6.30 Å². The Hall–Kier alpha value is -2.98. The van der Waals surface area contributed by atoms with E-state index in [0.29, 0.717) is 35.1 Å². The minimum Gasteiger partial charge on any atom is -0.354 e. The molecule has 0 aromatic carbocycles. The van der Waals surface area contributed by atoms with Crippen LogP contribution in [-0.2, 0) is 11.3 Å². The predicted octanol–water partition coefficient (Wildman–Crippen LogP) is 2.53. The van der Waals surface area contributed by atoms with Crippen molar-refractivity contribution in [2.45, 2.75) is 24.2 Å². The van der Waals surface area contributed by atoms with E-state index in [2.05, 4.69) is 20.6 Å². The Morgan fingerprint density at radius 1 is 1.38 bits per heavy atom. The molecule has 3 N–H and O–H groups in total. The van der Waals surface area contributed by atoms with E-state index in [0.717, 1.165) is 23.9 Å². The van der Waals surface area contributed by atoms with Gasteiger partial charge in [-0.05, 0) is 42.3 Å². The fraction of sp³-hybridized carbons (Fsp3) is 0.318. The number of thioether (sulfide) groups is 1. The van der Waals surface area contributed by atoms with E-state index < -0.39 is 23.8 Å². The van der Waals surface area contributed by atoms with E-state index >= 15 is 4.39 Å². The summed E-state index contributed by atoms with van der Waals surface area (Å²) in [4.78, 5) is 33.3. The van der Waals surface area contributed by atoms with Crippen molar-refractivity contribution in [2.24, 2.45) is 0 Å². The van der Waals surface area contributed by atoms with Crippen LogP contribution in [0.3, 0.4) is 0 Å². The Bertz CT molecular complexity index is 1190. The lowest BCUT2D eigenvalue weighted by Gasteiger charge is -2.35. The lowest BCUT2D eigenvalue weighted by molar-refractivity contribution is -0.119. The molecule has 4 heterocycles. The molecule has 168 valence electrons. The number of alkyl halides is 2. The van der Waals surface area contributed by atoms with Crippen LogP contribution < -0.4 is 16.2 Å². The Balaban J connectivity index is 1.66. The number of halogens is 2. The van der Waals surface area contributed by atoms with Crippen LogP contribution in [0.1, 0.15) is 12.0 Å². The van der Waals surface area contributed by atoms with Crippen molar-refractivity contribution in [2.75, 3.05) is 26.1 Å². The summed E-state index contributed by atoms with van der Waals surface area (Å²) in [5.41, 5.74) is 2.85. The zero-order valence-electron chi connectivity index (χ0n) is 17.5. The summed E-state index contributed by atoms with van der Waals surface area (Å²) in [5, 5.41) is 5.77. The fourth-order valence-electron chi connectivity index (χ4n) is 3.83. The molecule has 2 aromatic rings. The molecule has 1 atom stereocenters. The summed E-state index contributed by atoms with van der Waals surface area (Å²) >= 11 is 0.793. The smallest absolute Gasteiger partial charge is 0.267 e. The van der Waals surface area contributed by atoms with Gasteiger partial charge in [0, 0.05) is 31.9 Å². The fourth-order valence-corrected chi connectivity index (χ4v) is 4.33. The summed E-state index contributed by atoms with van der Waals surface area (Å²) in [6.07, 6.45) is 6.04. The molecule has 2 aliphatic heterocycles. The van der Waals surface area contributed by atoms with Crippen molar-refractivity contribution >= 4 is 28.7 Å². The zero-order chi connectivity index (χ0) is 22.7. The number of carbonyl (C=O) groups is 1. The number of pyridine rings is 2. The third-order valence-corrected chi connectivity index (χ3v) is 6.16. The highest BCUT2D eigenvalue weighted by atomic mass is 32.2. The maximum absolute atomic E-state index is 15.7. The maximum atomic E-state index is 15.7. The van der Waals surface area contributed by atoms with Crippen LogP contribution in [0.25, 0.3) is 11.0 Å². The molecule has 0 saturated heterocycles. The summed E-state index contributed by atoms with van der Waals surface area (Å²) in [6.45, 7) is 1.53. The average Bonchev–Trinajstić information content (AvgIpc) is 2.81. The van der Waals surface area contributed by atoms with Gasteiger partial charge in [-0.1, -0.05) is 23.9 Å². The van der Waals surface area contributed by atoms with E-state index in [9.17, 15) is 14.0 Å². The molecule has 0 bridgehead atoms. The van der Waals surface area contributed by atoms with Gasteiger partial charge in [-0.25, -0.2) is 8.78 Å². The van der Waals surface area contributed by atoms with E-state index in [1.165, 1.54) is 18.0 Å². The molecule has 2 aliphatic rings. The minimum atomic E-state index is -1.50. The second kappa shape index (κ2) is 9.66. The number of rotatable bonds is 6. The lowest BCUT2D eigenvalue weighted by atomic mass is 9.95. The van der Waals surface area contributed by atoms with Crippen LogP contribution in [0, 0.1) is 0 Å². The van der Waals surface area contributed by atoms with Gasteiger partial charge >= 0.3 is 0 Å². The molecule has 1 amide bonds. The number of fused-ring (bicyclic) bond motifs is 1. The molecule has 0 aliphatic carbocycles. The number of nitrogens with one attached hydrogen (secondary N) is 3. The number of hydrogen-bond acceptors (Lipinski definition) is 6. The van der Waals surface area contributed by atoms with Gasteiger partial charge in [-0.3, -0.25) is 14.6 Å². The predicted molar refractivity (Wildman–Crippen MR) is 120 cm³/mol. The summed E-state index contributed by atoms with van der Waals surface area (Å²) in [5.74, 6) is -0.391. The van der Waals surface area contributed by atoms with Gasteiger partial charge in [0.2, 0.25) is 0 Å². The topological polar surface area (TPSA) is 90.1 Å². The Morgan fingerprint density at radius 3 is 2.94 bits per heavy atom. The Labute approximate surface area is 187 Å². The van der Waals surface area contributed by atoms with Gasteiger partial charge in [-0.2, -0.15) is 0 Å². The van der Waals surface area contributed by atoms with E-state index in [4.69, 9.17) is 0 Å². The summed E-state index contributed by atoms with van der Waals surface area (Å²) < 4.78 is 28.3. The highest BCUT2D eigenvalue weighted by Crippen LogP contribution is 2.32. The molecule has 0 fully saturated rings. The second-order valence-corrected chi connectivity index (χ2v) is 8.34. The molecule has 0 radical (unpaired) electrons. The number of aromatic amines is 1. The summed E-state index contributed by atoms with van der Waals surface area (Å²) in [6, 6.07) is 2.52. The zero-order valence-corrected chi connectivity index (χ0v) is 18.3. The molecule has 10 heteroatoms. The first-order valence-electron chi connectivity index (χ1n) is 10.2. The molecule has 0 spiro atoms. The van der Waals surface area contributed by atoms with Crippen molar-refractivity contribution in [3.8, 4) is 0 Å². The SMILES string of the molecule is CNC(=O)C1=CC=C(C2=CCNCC2)C(F)N1Cc1cnc2cc(SCF)c(=O)[nH]c2c1. The second-order valence-electron chi connectivity index (χ2n) is 7.39. The number of allylic oxidation sites excluding steroid dienone is 2. The molecule has 32 heavy (non-hydrogen) atoms. The van der Waals surface area contributed by atoms with Crippen LogP contribution in [-0.4, -0.2) is 53.2 Å². The van der Waals surface area contributed by atoms with Gasteiger partial charge in [0.25, 0.3) is 11.5 Å². The average molecular weight is 460 g/mol. The molecular formula is C22H23F2N5O2S. The van der Waals surface area contributed by atoms with Crippen molar-refractivity contribution in [3.05, 3.63) is 69.3 Å². The van der Waals surface area contributed by atoms with Crippen molar-refractivity contribution in [1.29, 1.82) is 0 Å². The van der Waals surface area contributed by atoms with Crippen molar-refractivity contribution in [1.82, 2.24) is 25.5 Å². The first-order valence-corrected chi connectivity index (χ1v) is 11.2. The number of nitrogens with zero attached hydrogens (tertiary/aromatic N) is 2. The third kappa shape index (κ3) is 4.46. The lowest BCUT2D eigenvalue weighted by Crippen LogP contribution is -2.41. The van der Waals surface area contributed by atoms with Crippen LogP contribution in [0.4, 0.5) is 8.78 Å². The highest BCUT2D eigenvalue weighted by molar-refractivity contribution is 7.99. The first kappa shape index (κ1) is 22.2. The molecule has 7 nitrogen and oxygen atoms in total. The normalized spacial score (nSPS) is 18.8. The third-order valence-electron chi connectivity index (χ3n) is 5.43. The van der Waals surface area contributed by atoms with E-state index in [1.54, 1.807) is 24.4 Å². The standard InChI is InChI=1S/C22H23F2N5O2S/c1-25-21(30)18-3-2-15(14-4-6-26-7-5-14)20(24)29(18)11-13-8-17-16(27-10-13)9-19(32-12-23)22(31)28-17/h2-4,8-10,20,26H,5-7,11-12H2,1H3,(H,25,30)(H,28,31). The monoisotopic (exact) mass is 459 g/mol. The number of likely N-dealkylation sites (N-methyl/N-ethyl adjacent to an activating group) is 1. The quantitative estimate of drug-likeness (QED) is 0.454. The Morgan fingerprint density at radius 2 is 2.22 bits per heavy atom. The summed E-state index contributed by atoms with van der Waals surface area (Å²) in [7, 11) is 1.50. The van der Waals surface area contributed by atoms with Gasteiger partial charge < -0.3 is 20.5 Å². The van der Waals surface area contributed by atoms with Crippen molar-refractivity contribution < 1.29 is 13.6 Å². The molecule has 4 rings (SSSR count). The van der Waals surface area contributed by atoms with Crippen LogP contribution in [0.15, 0.2) is 63.1 Å². The number of carbonyl (C=O) groups excluding carboxylic acids is 1. The maximum Gasteiger partial charge on any atom is 0.267 e. The van der Waals surface area contributed by atoms with Gasteiger partial charge in [0.1, 0.15) is 11.7 Å². The van der Waals surface area contributed by atoms with Crippen LogP contribution in [0.2, 0.25) is 0 Å². The molecule has 2 aromatic heterocycles. The van der Waals surface area contributed by atoms with Crippen LogP contribution in [0.5, 0.6) is 0 Å². The molecule has 0 saturated carbocycles. The van der Waals surface area contributed by atoms with E-state index in [1.807, 2.05) is 6.08 Å². The number of aromatic nitrogens is 2. The Kier molecular flexibility index (Phi) is 6.71. The van der Waals surface area contributed by atoms with Crippen LogP contribution >= 0.6 is 11.8 Å². The van der Waals surface area contributed by atoms with E-state index in [-0.39, 0.29) is 17.1 Å². The number of H-pyrrole nitrogens is 1. The van der Waals surface area contributed by atoms with Gasteiger partial charge in [-0.15, -0.1) is 0 Å². The minimum absolute atomic E-state index is 0.0786. The number of amides is 1. The number of hydrogen-bond donors (Lipinski definition) is 3. The highest BCUT2D eigenvalue weighted by Gasteiger charge is 2.32. The largest absolute Gasteiger partial charge is 0.354 e. The van der Waals surface area contributed by atoms with Crippen molar-refractivity contribution in [3.63, 3.8) is 0 Å². The molecular weight excluding hydrogens is 436 g/mol. The first-order chi connectivity index (χ1) is 15.5.